The first-order valence-corrected chi connectivity index (χ1v) is 4.70. The zero-order valence-electron chi connectivity index (χ0n) is 7.59. The van der Waals surface area contributed by atoms with Gasteiger partial charge in [0, 0.05) is 23.5 Å². The minimum Gasteiger partial charge on any atom is -0.373 e. The molecule has 2 nitrogen and oxygen atoms in total. The van der Waals surface area contributed by atoms with Gasteiger partial charge in [0.05, 0.1) is 12.7 Å². The highest BCUT2D eigenvalue weighted by molar-refractivity contribution is 5.83. The lowest BCUT2D eigenvalue weighted by atomic mass is 10.1. The summed E-state index contributed by atoms with van der Waals surface area (Å²) in [5, 5.41) is 0.711. The van der Waals surface area contributed by atoms with Gasteiger partial charge in [-0.05, 0) is 17.7 Å². The van der Waals surface area contributed by atoms with Crippen LogP contribution in [0.5, 0.6) is 0 Å². The van der Waals surface area contributed by atoms with E-state index >= 15 is 0 Å². The van der Waals surface area contributed by atoms with Gasteiger partial charge in [-0.3, -0.25) is 0 Å². The highest BCUT2D eigenvalue weighted by atomic mass is 19.1. The van der Waals surface area contributed by atoms with Crippen molar-refractivity contribution in [3.05, 3.63) is 35.8 Å². The van der Waals surface area contributed by atoms with Crippen LogP contribution in [0.1, 0.15) is 5.56 Å². The first-order chi connectivity index (χ1) is 6.84. The summed E-state index contributed by atoms with van der Waals surface area (Å²) in [7, 11) is 0. The number of hydrogen-bond donors (Lipinski definition) is 1. The summed E-state index contributed by atoms with van der Waals surface area (Å²) < 4.78 is 18.6. The lowest BCUT2D eigenvalue weighted by molar-refractivity contribution is 0.408. The third-order valence-corrected chi connectivity index (χ3v) is 2.59. The predicted molar refractivity (Wildman–Crippen MR) is 51.7 cm³/mol. The van der Waals surface area contributed by atoms with Crippen LogP contribution in [0.4, 0.5) is 4.39 Å². The second kappa shape index (κ2) is 2.82. The van der Waals surface area contributed by atoms with E-state index in [4.69, 9.17) is 4.74 Å². The Balaban J connectivity index is 2.13. The molecule has 1 atom stereocenters. The van der Waals surface area contributed by atoms with Gasteiger partial charge in [0.15, 0.2) is 0 Å². The van der Waals surface area contributed by atoms with Gasteiger partial charge in [-0.1, -0.05) is 6.07 Å². The third-order valence-electron chi connectivity index (χ3n) is 2.59. The van der Waals surface area contributed by atoms with E-state index in [9.17, 15) is 4.39 Å². The molecule has 0 saturated carbocycles. The van der Waals surface area contributed by atoms with Crippen LogP contribution in [0.3, 0.4) is 0 Å². The average molecular weight is 191 g/mol. The van der Waals surface area contributed by atoms with E-state index in [2.05, 4.69) is 4.98 Å². The van der Waals surface area contributed by atoms with Crippen molar-refractivity contribution in [2.45, 2.75) is 12.5 Å². The molecule has 0 bridgehead atoms. The number of nitrogens with one attached hydrogen (secondary N) is 1. The molecule has 3 rings (SSSR count). The largest absolute Gasteiger partial charge is 0.373 e. The third kappa shape index (κ3) is 1.21. The number of aromatic nitrogens is 1. The Morgan fingerprint density at radius 3 is 3.14 bits per heavy atom. The van der Waals surface area contributed by atoms with Gasteiger partial charge in [0.25, 0.3) is 0 Å². The first kappa shape index (κ1) is 8.00. The van der Waals surface area contributed by atoms with Gasteiger partial charge in [-0.2, -0.15) is 0 Å². The number of epoxide rings is 1. The molecule has 2 aromatic rings. The lowest BCUT2D eigenvalue weighted by Gasteiger charge is -1.96. The summed E-state index contributed by atoms with van der Waals surface area (Å²) >= 11 is 0. The van der Waals surface area contributed by atoms with Gasteiger partial charge < -0.3 is 9.72 Å². The molecule has 3 heteroatoms. The van der Waals surface area contributed by atoms with Crippen LogP contribution in [0.15, 0.2) is 24.4 Å². The summed E-state index contributed by atoms with van der Waals surface area (Å²) in [6.07, 6.45) is 2.98. The number of hydrogen-bond acceptors (Lipinski definition) is 1. The van der Waals surface area contributed by atoms with E-state index in [0.29, 0.717) is 11.5 Å². The summed E-state index contributed by atoms with van der Waals surface area (Å²) in [6.45, 7) is 0.807. The fraction of sp³-hybridized carbons (Fsp3) is 0.273. The van der Waals surface area contributed by atoms with Crippen molar-refractivity contribution in [3.8, 4) is 0 Å². The molecule has 1 aliphatic rings. The summed E-state index contributed by atoms with van der Waals surface area (Å²) in [4.78, 5) is 3.07. The Morgan fingerprint density at radius 2 is 2.36 bits per heavy atom. The number of rotatable bonds is 2. The molecule has 1 aliphatic heterocycles. The Morgan fingerprint density at radius 1 is 1.50 bits per heavy atom. The molecule has 1 aromatic heterocycles. The molecule has 1 N–H and O–H groups in total. The summed E-state index contributed by atoms with van der Waals surface area (Å²) in [6, 6.07) is 5.09. The molecule has 0 spiro atoms. The standard InChI is InChI=1S/C11H10FNO/c12-9-2-1-3-10-11(9)7(5-13-10)4-8-6-14-8/h1-3,5,8,13H,4,6H2. The van der Waals surface area contributed by atoms with E-state index in [-0.39, 0.29) is 5.82 Å². The zero-order chi connectivity index (χ0) is 9.54. The molecule has 0 radical (unpaired) electrons. The van der Waals surface area contributed by atoms with Crippen LogP contribution in [-0.2, 0) is 11.2 Å². The summed E-state index contributed by atoms with van der Waals surface area (Å²) in [5.41, 5.74) is 1.88. The average Bonchev–Trinajstić information content (AvgIpc) is 2.88. The maximum absolute atomic E-state index is 13.5. The first-order valence-electron chi connectivity index (χ1n) is 4.70. The highest BCUT2D eigenvalue weighted by Gasteiger charge is 2.24. The quantitative estimate of drug-likeness (QED) is 0.724. The number of H-pyrrole nitrogens is 1. The summed E-state index contributed by atoms with van der Waals surface area (Å²) in [5.74, 6) is -0.153. The van der Waals surface area contributed by atoms with E-state index < -0.39 is 0 Å². The topological polar surface area (TPSA) is 28.3 Å². The van der Waals surface area contributed by atoms with E-state index in [1.165, 1.54) is 6.07 Å². The molecule has 14 heavy (non-hydrogen) atoms. The molecule has 72 valence electrons. The Hall–Kier alpha value is -1.35. The van der Waals surface area contributed by atoms with E-state index in [0.717, 1.165) is 24.1 Å². The second-order valence-electron chi connectivity index (χ2n) is 3.64. The predicted octanol–water partition coefficient (Wildman–Crippen LogP) is 2.25. The van der Waals surface area contributed by atoms with Gasteiger partial charge in [-0.15, -0.1) is 0 Å². The normalized spacial score (nSPS) is 20.2. The van der Waals surface area contributed by atoms with Crippen molar-refractivity contribution < 1.29 is 9.13 Å². The SMILES string of the molecule is Fc1cccc2[nH]cc(CC3CO3)c12. The molecule has 0 aliphatic carbocycles. The number of aromatic amines is 1. The molecule has 0 amide bonds. The van der Waals surface area contributed by atoms with Crippen molar-refractivity contribution in [3.63, 3.8) is 0 Å². The minimum absolute atomic E-state index is 0.153. The van der Waals surface area contributed by atoms with E-state index in [1.807, 2.05) is 12.3 Å². The van der Waals surface area contributed by atoms with Crippen molar-refractivity contribution >= 4 is 10.9 Å². The van der Waals surface area contributed by atoms with Crippen LogP contribution in [0, 0.1) is 5.82 Å². The molecule has 1 unspecified atom stereocenters. The molecule has 1 aromatic carbocycles. The van der Waals surface area contributed by atoms with Gasteiger partial charge in [0.1, 0.15) is 5.82 Å². The van der Waals surface area contributed by atoms with Crippen molar-refractivity contribution in [2.75, 3.05) is 6.61 Å². The maximum atomic E-state index is 13.5. The lowest BCUT2D eigenvalue weighted by Crippen LogP contribution is -1.92. The fourth-order valence-electron chi connectivity index (χ4n) is 1.80. The van der Waals surface area contributed by atoms with Gasteiger partial charge in [-0.25, -0.2) is 4.39 Å². The molecule has 2 heterocycles. The van der Waals surface area contributed by atoms with Crippen LogP contribution >= 0.6 is 0 Å². The second-order valence-corrected chi connectivity index (χ2v) is 3.64. The van der Waals surface area contributed by atoms with Crippen molar-refractivity contribution in [2.24, 2.45) is 0 Å². The molecular weight excluding hydrogens is 181 g/mol. The maximum Gasteiger partial charge on any atom is 0.132 e. The molecular formula is C11H10FNO. The van der Waals surface area contributed by atoms with E-state index in [1.54, 1.807) is 6.07 Å². The zero-order valence-corrected chi connectivity index (χ0v) is 7.59. The van der Waals surface area contributed by atoms with Crippen LogP contribution in [-0.4, -0.2) is 17.7 Å². The van der Waals surface area contributed by atoms with Gasteiger partial charge >= 0.3 is 0 Å². The Kier molecular flexibility index (Phi) is 1.61. The smallest absolute Gasteiger partial charge is 0.132 e. The Labute approximate surface area is 80.7 Å². The van der Waals surface area contributed by atoms with Crippen LogP contribution in [0.25, 0.3) is 10.9 Å². The number of benzene rings is 1. The van der Waals surface area contributed by atoms with Gasteiger partial charge in [0.2, 0.25) is 0 Å². The number of ether oxygens (including phenoxy) is 1. The Bertz CT molecular complexity index is 473. The highest BCUT2D eigenvalue weighted by Crippen LogP contribution is 2.25. The minimum atomic E-state index is -0.153. The number of halogens is 1. The fourth-order valence-corrected chi connectivity index (χ4v) is 1.80. The number of fused-ring (bicyclic) bond motifs is 1. The van der Waals surface area contributed by atoms with Crippen LogP contribution < -0.4 is 0 Å². The molecule has 1 fully saturated rings. The van der Waals surface area contributed by atoms with Crippen LogP contribution in [0.2, 0.25) is 0 Å². The molecule has 1 saturated heterocycles. The van der Waals surface area contributed by atoms with Crippen molar-refractivity contribution in [1.29, 1.82) is 0 Å². The monoisotopic (exact) mass is 191 g/mol. The van der Waals surface area contributed by atoms with Crippen molar-refractivity contribution in [1.82, 2.24) is 4.98 Å².